The molecule has 0 aliphatic heterocycles. The highest BCUT2D eigenvalue weighted by atomic mass is 32.2. The van der Waals surface area contributed by atoms with E-state index in [4.69, 9.17) is 14.2 Å². The topological polar surface area (TPSA) is 81.4 Å². The number of halogens is 3. The van der Waals surface area contributed by atoms with Crippen molar-refractivity contribution in [2.75, 3.05) is 20.8 Å². The maximum Gasteiger partial charge on any atom is 0.417 e. The van der Waals surface area contributed by atoms with Crippen molar-refractivity contribution < 1.29 is 32.2 Å². The summed E-state index contributed by atoms with van der Waals surface area (Å²) in [6, 6.07) is 6.96. The third kappa shape index (κ3) is 5.16. The van der Waals surface area contributed by atoms with Gasteiger partial charge >= 0.3 is 12.1 Å². The second-order valence-corrected chi connectivity index (χ2v) is 7.25. The number of thioether (sulfide) groups is 1. The second-order valence-electron chi connectivity index (χ2n) is 5.92. The molecule has 160 valence electrons. The van der Waals surface area contributed by atoms with Gasteiger partial charge in [-0.05, 0) is 38.1 Å². The number of hydrogen-bond acceptors (Lipinski definition) is 7. The van der Waals surface area contributed by atoms with Crippen molar-refractivity contribution in [3.63, 3.8) is 0 Å². The van der Waals surface area contributed by atoms with Gasteiger partial charge in [0.2, 0.25) is 0 Å². The Hall–Kier alpha value is -2.93. The lowest BCUT2D eigenvalue weighted by atomic mass is 10.0. The van der Waals surface area contributed by atoms with Gasteiger partial charge < -0.3 is 14.2 Å². The van der Waals surface area contributed by atoms with E-state index in [9.17, 15) is 23.2 Å². The molecule has 0 saturated heterocycles. The van der Waals surface area contributed by atoms with Crippen LogP contribution in [-0.2, 0) is 15.7 Å². The van der Waals surface area contributed by atoms with Gasteiger partial charge in [-0.2, -0.15) is 18.4 Å². The number of carbonyl (C=O) groups is 1. The number of ether oxygens (including phenoxy) is 3. The van der Waals surface area contributed by atoms with Crippen LogP contribution in [0.2, 0.25) is 0 Å². The molecule has 2 rings (SSSR count). The van der Waals surface area contributed by atoms with E-state index in [2.05, 4.69) is 4.98 Å². The molecule has 0 N–H and O–H groups in total. The molecule has 2 aromatic rings. The lowest BCUT2D eigenvalue weighted by Crippen LogP contribution is -2.18. The Balaban J connectivity index is 2.72. The van der Waals surface area contributed by atoms with Crippen LogP contribution in [-0.4, -0.2) is 37.0 Å². The molecule has 30 heavy (non-hydrogen) atoms. The zero-order valence-corrected chi connectivity index (χ0v) is 17.5. The number of alkyl halides is 3. The van der Waals surface area contributed by atoms with E-state index < -0.39 is 28.5 Å². The first kappa shape index (κ1) is 23.3. The quantitative estimate of drug-likeness (QED) is 0.456. The molecule has 1 aromatic carbocycles. The predicted octanol–water partition coefficient (Wildman–Crippen LogP) is 4.70. The Bertz CT molecular complexity index is 974. The summed E-state index contributed by atoms with van der Waals surface area (Å²) < 4.78 is 56.5. The largest absolute Gasteiger partial charge is 0.497 e. The molecule has 0 bridgehead atoms. The smallest absolute Gasteiger partial charge is 0.417 e. The second kappa shape index (κ2) is 9.71. The van der Waals surface area contributed by atoms with Crippen molar-refractivity contribution in [1.82, 2.24) is 4.98 Å². The summed E-state index contributed by atoms with van der Waals surface area (Å²) in [7, 11) is 2.79. The van der Waals surface area contributed by atoms with Gasteiger partial charge in [0, 0.05) is 5.56 Å². The minimum atomic E-state index is -4.81. The summed E-state index contributed by atoms with van der Waals surface area (Å²) >= 11 is 0.725. The van der Waals surface area contributed by atoms with Gasteiger partial charge in [-0.1, -0.05) is 11.8 Å². The summed E-state index contributed by atoms with van der Waals surface area (Å²) in [5, 5.41) is 8.30. The zero-order valence-electron chi connectivity index (χ0n) is 16.7. The normalized spacial score (nSPS) is 12.1. The minimum Gasteiger partial charge on any atom is -0.497 e. The summed E-state index contributed by atoms with van der Waals surface area (Å²) in [6.07, 6.45) is -4.81. The molecule has 1 atom stereocenters. The van der Waals surface area contributed by atoms with Crippen LogP contribution < -0.4 is 9.47 Å². The van der Waals surface area contributed by atoms with E-state index in [1.807, 2.05) is 0 Å². The predicted molar refractivity (Wildman–Crippen MR) is 104 cm³/mol. The minimum absolute atomic E-state index is 0.0735. The number of nitriles is 1. The lowest BCUT2D eigenvalue weighted by Gasteiger charge is -2.17. The van der Waals surface area contributed by atoms with Gasteiger partial charge in [-0.3, -0.25) is 4.79 Å². The van der Waals surface area contributed by atoms with Gasteiger partial charge in [0.1, 0.15) is 27.8 Å². The van der Waals surface area contributed by atoms with Crippen LogP contribution in [0.15, 0.2) is 29.3 Å². The number of carbonyl (C=O) groups excluding carboxylic acids is 1. The fourth-order valence-electron chi connectivity index (χ4n) is 2.57. The van der Waals surface area contributed by atoms with E-state index in [1.165, 1.54) is 33.3 Å². The fourth-order valence-corrected chi connectivity index (χ4v) is 3.49. The molecule has 10 heteroatoms. The number of methoxy groups -OCH3 is 2. The van der Waals surface area contributed by atoms with Crippen molar-refractivity contribution >= 4 is 17.7 Å². The fraction of sp³-hybridized carbons (Fsp3) is 0.350. The Morgan fingerprint density at radius 3 is 2.50 bits per heavy atom. The van der Waals surface area contributed by atoms with Crippen LogP contribution in [0.3, 0.4) is 0 Å². The Labute approximate surface area is 176 Å². The van der Waals surface area contributed by atoms with Crippen molar-refractivity contribution in [1.29, 1.82) is 5.26 Å². The molecule has 0 saturated carbocycles. The van der Waals surface area contributed by atoms with Crippen LogP contribution >= 0.6 is 11.8 Å². The number of rotatable bonds is 7. The van der Waals surface area contributed by atoms with Crippen LogP contribution in [0, 0.1) is 11.3 Å². The number of nitrogens with zero attached hydrogens (tertiary/aromatic N) is 2. The van der Waals surface area contributed by atoms with Gasteiger partial charge in [-0.25, -0.2) is 4.98 Å². The average molecular weight is 440 g/mol. The van der Waals surface area contributed by atoms with Crippen molar-refractivity contribution in [2.45, 2.75) is 30.3 Å². The standard InChI is InChI=1S/C20H19F3N2O4S/c1-5-29-19(26)11(2)30-18-14(10-24)15(20(21,22)23)9-16(25-18)13-8-12(27-3)6-7-17(13)28-4/h6-9,11H,5H2,1-4H3. The maximum atomic E-state index is 13.7. The Morgan fingerprint density at radius 2 is 1.97 bits per heavy atom. The summed E-state index contributed by atoms with van der Waals surface area (Å²) in [4.78, 5) is 16.2. The van der Waals surface area contributed by atoms with Crippen molar-refractivity contribution in [3.8, 4) is 28.8 Å². The summed E-state index contributed by atoms with van der Waals surface area (Å²) in [6.45, 7) is 3.21. The third-order valence-electron chi connectivity index (χ3n) is 3.99. The van der Waals surface area contributed by atoms with Gasteiger partial charge in [-0.15, -0.1) is 0 Å². The van der Waals surface area contributed by atoms with Crippen LogP contribution in [0.1, 0.15) is 25.0 Å². The molecule has 0 aliphatic rings. The first-order valence-electron chi connectivity index (χ1n) is 8.74. The number of esters is 1. The molecule has 0 radical (unpaired) electrons. The van der Waals surface area contributed by atoms with Gasteiger partial charge in [0.25, 0.3) is 0 Å². The van der Waals surface area contributed by atoms with E-state index in [1.54, 1.807) is 19.1 Å². The van der Waals surface area contributed by atoms with E-state index in [-0.39, 0.29) is 28.6 Å². The van der Waals surface area contributed by atoms with Crippen molar-refractivity contribution in [3.05, 3.63) is 35.4 Å². The van der Waals surface area contributed by atoms with Crippen LogP contribution in [0.5, 0.6) is 11.5 Å². The monoisotopic (exact) mass is 440 g/mol. The number of hydrogen-bond donors (Lipinski definition) is 0. The number of aromatic nitrogens is 1. The van der Waals surface area contributed by atoms with Gasteiger partial charge in [0.15, 0.2) is 0 Å². The first-order valence-corrected chi connectivity index (χ1v) is 9.62. The molecule has 0 amide bonds. The number of pyridine rings is 1. The highest BCUT2D eigenvalue weighted by molar-refractivity contribution is 8.00. The maximum absolute atomic E-state index is 13.7. The van der Waals surface area contributed by atoms with Gasteiger partial charge in [0.05, 0.1) is 37.6 Å². The van der Waals surface area contributed by atoms with E-state index in [0.29, 0.717) is 5.75 Å². The first-order chi connectivity index (χ1) is 14.2. The Kier molecular flexibility index (Phi) is 7.56. The third-order valence-corrected chi connectivity index (χ3v) is 5.06. The number of benzene rings is 1. The SMILES string of the molecule is CCOC(=O)C(C)Sc1nc(-c2cc(OC)ccc2OC)cc(C(F)(F)F)c1C#N. The highest BCUT2D eigenvalue weighted by Crippen LogP contribution is 2.41. The molecule has 6 nitrogen and oxygen atoms in total. The zero-order chi connectivity index (χ0) is 22.5. The summed E-state index contributed by atoms with van der Waals surface area (Å²) in [5.74, 6) is 0.0428. The van der Waals surface area contributed by atoms with E-state index >= 15 is 0 Å². The molecule has 0 spiro atoms. The molecule has 1 heterocycles. The van der Waals surface area contributed by atoms with Crippen molar-refractivity contribution in [2.24, 2.45) is 0 Å². The van der Waals surface area contributed by atoms with E-state index in [0.717, 1.165) is 17.8 Å². The molecular formula is C20H19F3N2O4S. The lowest BCUT2D eigenvalue weighted by molar-refractivity contribution is -0.142. The Morgan fingerprint density at radius 1 is 1.27 bits per heavy atom. The molecule has 0 aliphatic carbocycles. The average Bonchev–Trinajstić information content (AvgIpc) is 2.72. The van der Waals surface area contributed by atoms with Crippen LogP contribution in [0.4, 0.5) is 13.2 Å². The van der Waals surface area contributed by atoms with Crippen LogP contribution in [0.25, 0.3) is 11.3 Å². The molecular weight excluding hydrogens is 421 g/mol. The molecule has 1 aromatic heterocycles. The highest BCUT2D eigenvalue weighted by Gasteiger charge is 2.37. The summed E-state index contributed by atoms with van der Waals surface area (Å²) in [5.41, 5.74) is -1.64. The molecule has 1 unspecified atom stereocenters. The molecule has 0 fully saturated rings.